The first-order valence-corrected chi connectivity index (χ1v) is 6.03. The summed E-state index contributed by atoms with van der Waals surface area (Å²) in [6.45, 7) is 5.42. The molecule has 14 heavy (non-hydrogen) atoms. The van der Waals surface area contributed by atoms with Gasteiger partial charge in [-0.15, -0.1) is 0 Å². The van der Waals surface area contributed by atoms with Crippen LogP contribution in [0.1, 0.15) is 46.0 Å². The van der Waals surface area contributed by atoms with Crippen molar-refractivity contribution in [3.8, 4) is 0 Å². The fourth-order valence-electron chi connectivity index (χ4n) is 2.01. The summed E-state index contributed by atoms with van der Waals surface area (Å²) in [5.41, 5.74) is 0. The van der Waals surface area contributed by atoms with E-state index in [0.717, 1.165) is 25.0 Å². The third-order valence-corrected chi connectivity index (χ3v) is 3.04. The van der Waals surface area contributed by atoms with Gasteiger partial charge < -0.3 is 10.1 Å². The van der Waals surface area contributed by atoms with Gasteiger partial charge in [-0.2, -0.15) is 0 Å². The summed E-state index contributed by atoms with van der Waals surface area (Å²) < 4.78 is 5.09. The maximum Gasteiger partial charge on any atom is 0.0476 e. The maximum atomic E-state index is 5.09. The van der Waals surface area contributed by atoms with Crippen molar-refractivity contribution >= 4 is 0 Å². The number of nitrogens with one attached hydrogen (secondary N) is 1. The Hall–Kier alpha value is -0.0800. The second kappa shape index (κ2) is 6.41. The molecule has 1 rings (SSSR count). The molecule has 1 aliphatic carbocycles. The smallest absolute Gasteiger partial charge is 0.0476 e. The molecule has 0 aromatic heterocycles. The molecule has 1 fully saturated rings. The van der Waals surface area contributed by atoms with E-state index in [2.05, 4.69) is 19.2 Å². The topological polar surface area (TPSA) is 21.3 Å². The summed E-state index contributed by atoms with van der Waals surface area (Å²) in [6.07, 6.45) is 6.64. The highest BCUT2D eigenvalue weighted by molar-refractivity contribution is 4.87. The van der Waals surface area contributed by atoms with E-state index in [4.69, 9.17) is 4.74 Å². The summed E-state index contributed by atoms with van der Waals surface area (Å²) in [7, 11) is 1.77. The van der Waals surface area contributed by atoms with Crippen LogP contribution in [0.25, 0.3) is 0 Å². The Morgan fingerprint density at radius 3 is 2.57 bits per heavy atom. The Bertz CT molecular complexity index is 145. The molecule has 1 saturated carbocycles. The summed E-state index contributed by atoms with van der Waals surface area (Å²) in [5, 5.41) is 3.73. The molecular weight excluding hydrogens is 174 g/mol. The molecular formula is C12H25NO. The van der Waals surface area contributed by atoms with Gasteiger partial charge in [0.1, 0.15) is 0 Å². The van der Waals surface area contributed by atoms with Crippen molar-refractivity contribution in [1.29, 1.82) is 0 Å². The highest BCUT2D eigenvalue weighted by atomic mass is 16.5. The van der Waals surface area contributed by atoms with Gasteiger partial charge in [0.15, 0.2) is 0 Å². The first-order chi connectivity index (χ1) is 6.77. The number of methoxy groups -OCH3 is 1. The minimum atomic E-state index is 0.604. The zero-order valence-corrected chi connectivity index (χ0v) is 9.88. The highest BCUT2D eigenvalue weighted by Gasteiger charge is 2.30. The number of hydrogen-bond acceptors (Lipinski definition) is 2. The second-order valence-corrected chi connectivity index (χ2v) is 4.58. The lowest BCUT2D eigenvalue weighted by Gasteiger charge is -2.22. The molecule has 0 saturated heterocycles. The third-order valence-electron chi connectivity index (χ3n) is 3.04. The van der Waals surface area contributed by atoms with E-state index in [0.29, 0.717) is 6.04 Å². The Morgan fingerprint density at radius 1 is 1.36 bits per heavy atom. The summed E-state index contributed by atoms with van der Waals surface area (Å²) in [4.78, 5) is 0. The van der Waals surface area contributed by atoms with Crippen molar-refractivity contribution < 1.29 is 4.74 Å². The van der Waals surface area contributed by atoms with Crippen molar-refractivity contribution in [3.63, 3.8) is 0 Å². The van der Waals surface area contributed by atoms with Crippen molar-refractivity contribution in [1.82, 2.24) is 5.32 Å². The molecule has 2 unspecified atom stereocenters. The molecule has 0 aliphatic heterocycles. The van der Waals surface area contributed by atoms with Crippen LogP contribution in [0.2, 0.25) is 0 Å². The van der Waals surface area contributed by atoms with Crippen molar-refractivity contribution in [2.75, 3.05) is 13.7 Å². The predicted octanol–water partition coefficient (Wildman–Crippen LogP) is 2.58. The third kappa shape index (κ3) is 4.43. The minimum Gasteiger partial charge on any atom is -0.385 e. The molecule has 0 radical (unpaired) electrons. The van der Waals surface area contributed by atoms with Crippen LogP contribution in [0.5, 0.6) is 0 Å². The predicted molar refractivity (Wildman–Crippen MR) is 60.5 cm³/mol. The standard InChI is InChI=1S/C12H25NO/c1-4-5-12(11-6-7-11)13-10(2)8-9-14-3/h10-13H,4-9H2,1-3H3. The van der Waals surface area contributed by atoms with Gasteiger partial charge in [-0.3, -0.25) is 0 Å². The van der Waals surface area contributed by atoms with Crippen LogP contribution in [0.15, 0.2) is 0 Å². The van der Waals surface area contributed by atoms with Crippen molar-refractivity contribution in [3.05, 3.63) is 0 Å². The van der Waals surface area contributed by atoms with Gasteiger partial charge >= 0.3 is 0 Å². The van der Waals surface area contributed by atoms with E-state index in [1.54, 1.807) is 7.11 Å². The van der Waals surface area contributed by atoms with Gasteiger partial charge in [0, 0.05) is 25.8 Å². The average Bonchev–Trinajstić information content (AvgIpc) is 2.97. The van der Waals surface area contributed by atoms with Crippen LogP contribution in [-0.4, -0.2) is 25.8 Å². The quantitative estimate of drug-likeness (QED) is 0.649. The van der Waals surface area contributed by atoms with E-state index in [9.17, 15) is 0 Å². The normalized spacial score (nSPS) is 20.8. The fraction of sp³-hybridized carbons (Fsp3) is 1.00. The molecule has 0 spiro atoms. The Kier molecular flexibility index (Phi) is 5.49. The Morgan fingerprint density at radius 2 is 2.07 bits per heavy atom. The number of ether oxygens (including phenoxy) is 1. The van der Waals surface area contributed by atoms with E-state index in [1.165, 1.54) is 25.7 Å². The monoisotopic (exact) mass is 199 g/mol. The van der Waals surface area contributed by atoms with E-state index < -0.39 is 0 Å². The van der Waals surface area contributed by atoms with Crippen molar-refractivity contribution in [2.45, 2.75) is 58.0 Å². The lowest BCUT2D eigenvalue weighted by atomic mass is 10.1. The largest absolute Gasteiger partial charge is 0.385 e. The molecule has 0 aromatic carbocycles. The van der Waals surface area contributed by atoms with Crippen LogP contribution in [-0.2, 0) is 4.74 Å². The molecule has 0 bridgehead atoms. The van der Waals surface area contributed by atoms with Crippen LogP contribution < -0.4 is 5.32 Å². The molecule has 2 nitrogen and oxygen atoms in total. The Labute approximate surface area is 88.4 Å². The molecule has 2 atom stereocenters. The summed E-state index contributed by atoms with van der Waals surface area (Å²) in [6, 6.07) is 1.37. The first-order valence-electron chi connectivity index (χ1n) is 6.03. The number of hydrogen-bond donors (Lipinski definition) is 1. The summed E-state index contributed by atoms with van der Waals surface area (Å²) in [5.74, 6) is 0.972. The van der Waals surface area contributed by atoms with Gasteiger partial charge in [0.25, 0.3) is 0 Å². The zero-order chi connectivity index (χ0) is 10.4. The van der Waals surface area contributed by atoms with Gasteiger partial charge in [-0.1, -0.05) is 13.3 Å². The van der Waals surface area contributed by atoms with E-state index in [-0.39, 0.29) is 0 Å². The van der Waals surface area contributed by atoms with Gasteiger partial charge in [-0.05, 0) is 38.5 Å². The van der Waals surface area contributed by atoms with Gasteiger partial charge in [0.05, 0.1) is 0 Å². The summed E-state index contributed by atoms with van der Waals surface area (Å²) >= 11 is 0. The molecule has 0 heterocycles. The highest BCUT2D eigenvalue weighted by Crippen LogP contribution is 2.34. The fourth-order valence-corrected chi connectivity index (χ4v) is 2.01. The Balaban J connectivity index is 2.16. The van der Waals surface area contributed by atoms with Crippen LogP contribution >= 0.6 is 0 Å². The lowest BCUT2D eigenvalue weighted by molar-refractivity contribution is 0.181. The van der Waals surface area contributed by atoms with Crippen LogP contribution in [0.3, 0.4) is 0 Å². The lowest BCUT2D eigenvalue weighted by Crippen LogP contribution is -2.38. The average molecular weight is 199 g/mol. The van der Waals surface area contributed by atoms with Crippen LogP contribution in [0, 0.1) is 5.92 Å². The molecule has 0 aromatic rings. The maximum absolute atomic E-state index is 5.09. The SMILES string of the molecule is CCCC(NC(C)CCOC)C1CC1. The van der Waals surface area contributed by atoms with Gasteiger partial charge in [-0.25, -0.2) is 0 Å². The number of rotatable bonds is 8. The van der Waals surface area contributed by atoms with Crippen molar-refractivity contribution in [2.24, 2.45) is 5.92 Å². The molecule has 1 aliphatic rings. The molecule has 1 N–H and O–H groups in total. The van der Waals surface area contributed by atoms with E-state index in [1.807, 2.05) is 0 Å². The molecule has 0 amide bonds. The van der Waals surface area contributed by atoms with E-state index >= 15 is 0 Å². The zero-order valence-electron chi connectivity index (χ0n) is 9.88. The second-order valence-electron chi connectivity index (χ2n) is 4.58. The molecule has 84 valence electrons. The minimum absolute atomic E-state index is 0.604. The van der Waals surface area contributed by atoms with Crippen LogP contribution in [0.4, 0.5) is 0 Å². The first kappa shape index (κ1) is 12.0. The molecule has 2 heteroatoms. The van der Waals surface area contributed by atoms with Gasteiger partial charge in [0.2, 0.25) is 0 Å².